The smallest absolute Gasteiger partial charge is 0.339 e. The summed E-state index contributed by atoms with van der Waals surface area (Å²) in [6, 6.07) is 4.99. The number of nitrogens with zero attached hydrogens (tertiary/aromatic N) is 3. The van der Waals surface area contributed by atoms with Crippen LogP contribution in [-0.4, -0.2) is 33.8 Å². The van der Waals surface area contributed by atoms with Crippen LogP contribution in [0.1, 0.15) is 21.7 Å². The van der Waals surface area contributed by atoms with Gasteiger partial charge in [-0.15, -0.1) is 0 Å². The molecule has 0 bridgehead atoms. The predicted molar refractivity (Wildman–Crippen MR) is 75.9 cm³/mol. The molecule has 0 radical (unpaired) electrons. The number of aromatic nitrogens is 3. The molecule has 7 nitrogen and oxygen atoms in total. The van der Waals surface area contributed by atoms with Crippen molar-refractivity contribution in [1.82, 2.24) is 14.8 Å². The third-order valence-electron chi connectivity index (χ3n) is 2.85. The van der Waals surface area contributed by atoms with Crippen LogP contribution in [0.4, 0.5) is 5.82 Å². The Morgan fingerprint density at radius 3 is 2.62 bits per heavy atom. The van der Waals surface area contributed by atoms with Crippen molar-refractivity contribution in [2.45, 2.75) is 20.4 Å². The highest BCUT2D eigenvalue weighted by Gasteiger charge is 2.09. The minimum absolute atomic E-state index is 0.111. The maximum atomic E-state index is 11.9. The fraction of sp³-hybridized carbons (Fsp3) is 0.286. The van der Waals surface area contributed by atoms with Crippen molar-refractivity contribution in [3.63, 3.8) is 0 Å². The number of nitrogens with one attached hydrogen (secondary N) is 1. The van der Waals surface area contributed by atoms with Gasteiger partial charge in [-0.05, 0) is 32.0 Å². The van der Waals surface area contributed by atoms with E-state index >= 15 is 0 Å². The molecular weight excluding hydrogens is 272 g/mol. The fourth-order valence-electron chi connectivity index (χ4n) is 1.86. The summed E-state index contributed by atoms with van der Waals surface area (Å²) in [5.41, 5.74) is 2.10. The highest BCUT2D eigenvalue weighted by atomic mass is 16.5. The summed E-state index contributed by atoms with van der Waals surface area (Å²) in [6.07, 6.45) is 1.35. The molecule has 1 amide bonds. The van der Waals surface area contributed by atoms with Gasteiger partial charge in [0.2, 0.25) is 5.91 Å². The Morgan fingerprint density at radius 2 is 2.10 bits per heavy atom. The molecule has 2 aromatic heterocycles. The summed E-state index contributed by atoms with van der Waals surface area (Å²) in [7, 11) is 1.30. The first-order valence-corrected chi connectivity index (χ1v) is 6.35. The first-order valence-electron chi connectivity index (χ1n) is 6.35. The molecule has 0 fully saturated rings. The van der Waals surface area contributed by atoms with E-state index in [9.17, 15) is 9.59 Å². The quantitative estimate of drug-likeness (QED) is 0.857. The highest BCUT2D eigenvalue weighted by Crippen LogP contribution is 2.07. The van der Waals surface area contributed by atoms with E-state index in [1.54, 1.807) is 10.7 Å². The molecule has 0 aliphatic heterocycles. The molecule has 21 heavy (non-hydrogen) atoms. The second-order valence-electron chi connectivity index (χ2n) is 4.56. The van der Waals surface area contributed by atoms with Crippen LogP contribution < -0.4 is 5.32 Å². The van der Waals surface area contributed by atoms with Crippen LogP contribution in [0.5, 0.6) is 0 Å². The highest BCUT2D eigenvalue weighted by molar-refractivity contribution is 5.91. The molecule has 0 aliphatic carbocycles. The summed E-state index contributed by atoms with van der Waals surface area (Å²) in [5.74, 6) is -0.336. The summed E-state index contributed by atoms with van der Waals surface area (Å²) in [4.78, 5) is 27.2. The van der Waals surface area contributed by atoms with E-state index in [1.807, 2.05) is 19.9 Å². The van der Waals surface area contributed by atoms with Crippen molar-refractivity contribution in [3.8, 4) is 0 Å². The van der Waals surface area contributed by atoms with E-state index in [4.69, 9.17) is 0 Å². The van der Waals surface area contributed by atoms with Gasteiger partial charge in [-0.3, -0.25) is 9.48 Å². The van der Waals surface area contributed by atoms with Crippen molar-refractivity contribution in [1.29, 1.82) is 0 Å². The second kappa shape index (κ2) is 6.17. The number of methoxy groups -OCH3 is 1. The van der Waals surface area contributed by atoms with Gasteiger partial charge in [0.05, 0.1) is 18.4 Å². The van der Waals surface area contributed by atoms with Crippen LogP contribution in [0.2, 0.25) is 0 Å². The molecule has 0 atom stereocenters. The van der Waals surface area contributed by atoms with Crippen molar-refractivity contribution in [2.75, 3.05) is 12.4 Å². The second-order valence-corrected chi connectivity index (χ2v) is 4.56. The van der Waals surface area contributed by atoms with Gasteiger partial charge in [0.1, 0.15) is 12.4 Å². The average Bonchev–Trinajstić information content (AvgIpc) is 2.76. The maximum absolute atomic E-state index is 11.9. The lowest BCUT2D eigenvalue weighted by Crippen LogP contribution is -2.21. The summed E-state index contributed by atoms with van der Waals surface area (Å²) >= 11 is 0. The number of carbonyl (C=O) groups excluding carboxylic acids is 2. The van der Waals surface area contributed by atoms with E-state index in [-0.39, 0.29) is 12.5 Å². The predicted octanol–water partition coefficient (Wildman–Crippen LogP) is 1.32. The zero-order valence-electron chi connectivity index (χ0n) is 12.1. The number of anilines is 1. The van der Waals surface area contributed by atoms with Gasteiger partial charge >= 0.3 is 5.97 Å². The molecule has 2 aromatic rings. The fourth-order valence-corrected chi connectivity index (χ4v) is 1.86. The van der Waals surface area contributed by atoms with E-state index in [0.717, 1.165) is 11.4 Å². The summed E-state index contributed by atoms with van der Waals surface area (Å²) < 4.78 is 6.19. The average molecular weight is 288 g/mol. The molecule has 2 heterocycles. The van der Waals surface area contributed by atoms with Crippen LogP contribution in [-0.2, 0) is 16.1 Å². The van der Waals surface area contributed by atoms with Gasteiger partial charge in [-0.2, -0.15) is 5.10 Å². The molecule has 0 aromatic carbocycles. The van der Waals surface area contributed by atoms with Gasteiger partial charge in [0.25, 0.3) is 0 Å². The number of rotatable bonds is 4. The van der Waals surface area contributed by atoms with Gasteiger partial charge in [-0.25, -0.2) is 9.78 Å². The van der Waals surface area contributed by atoms with E-state index in [2.05, 4.69) is 20.1 Å². The number of amides is 1. The zero-order chi connectivity index (χ0) is 15.4. The molecule has 0 aliphatic rings. The Labute approximate surface area is 121 Å². The van der Waals surface area contributed by atoms with E-state index < -0.39 is 5.97 Å². The standard InChI is InChI=1S/C14H16N4O3/c1-9-6-10(2)18(17-9)8-13(19)16-12-5-4-11(7-15-12)14(20)21-3/h4-7H,8H2,1-3H3,(H,15,16,19). The lowest BCUT2D eigenvalue weighted by molar-refractivity contribution is -0.117. The Hall–Kier alpha value is -2.70. The van der Waals surface area contributed by atoms with Gasteiger partial charge in [0, 0.05) is 11.9 Å². The number of esters is 1. The van der Waals surface area contributed by atoms with Gasteiger partial charge in [0.15, 0.2) is 0 Å². The number of ether oxygens (including phenoxy) is 1. The van der Waals surface area contributed by atoms with Crippen LogP contribution >= 0.6 is 0 Å². The van der Waals surface area contributed by atoms with E-state index in [1.165, 1.54) is 19.4 Å². The first kappa shape index (κ1) is 14.7. The lowest BCUT2D eigenvalue weighted by atomic mass is 10.3. The number of hydrogen-bond acceptors (Lipinski definition) is 5. The zero-order valence-corrected chi connectivity index (χ0v) is 12.1. The van der Waals surface area contributed by atoms with Crippen LogP contribution in [0.25, 0.3) is 0 Å². The molecular formula is C14H16N4O3. The molecule has 0 spiro atoms. The summed E-state index contributed by atoms with van der Waals surface area (Å²) in [5, 5.41) is 6.86. The first-order chi connectivity index (χ1) is 9.99. The largest absolute Gasteiger partial charge is 0.465 e. The van der Waals surface area contributed by atoms with Crippen LogP contribution in [0, 0.1) is 13.8 Å². The SMILES string of the molecule is COC(=O)c1ccc(NC(=O)Cn2nc(C)cc2C)nc1. The van der Waals surface area contributed by atoms with Gasteiger partial charge < -0.3 is 10.1 Å². The van der Waals surface area contributed by atoms with E-state index in [0.29, 0.717) is 11.4 Å². The minimum Gasteiger partial charge on any atom is -0.465 e. The molecule has 0 saturated heterocycles. The van der Waals surface area contributed by atoms with Crippen molar-refractivity contribution in [3.05, 3.63) is 41.3 Å². The molecule has 2 rings (SSSR count). The molecule has 110 valence electrons. The van der Waals surface area contributed by atoms with Crippen molar-refractivity contribution < 1.29 is 14.3 Å². The van der Waals surface area contributed by atoms with Gasteiger partial charge in [-0.1, -0.05) is 0 Å². The molecule has 7 heteroatoms. The normalized spacial score (nSPS) is 10.2. The lowest BCUT2D eigenvalue weighted by Gasteiger charge is -2.06. The van der Waals surface area contributed by atoms with Crippen LogP contribution in [0.3, 0.4) is 0 Å². The monoisotopic (exact) mass is 288 g/mol. The molecule has 0 saturated carbocycles. The maximum Gasteiger partial charge on any atom is 0.339 e. The topological polar surface area (TPSA) is 86.1 Å². The number of aryl methyl sites for hydroxylation is 2. The molecule has 1 N–H and O–H groups in total. The van der Waals surface area contributed by atoms with Crippen molar-refractivity contribution >= 4 is 17.7 Å². The third kappa shape index (κ3) is 3.65. The minimum atomic E-state index is -0.469. The Morgan fingerprint density at radius 1 is 1.33 bits per heavy atom. The Balaban J connectivity index is 1.99. The van der Waals surface area contributed by atoms with Crippen molar-refractivity contribution in [2.24, 2.45) is 0 Å². The Bertz CT molecular complexity index is 661. The molecule has 0 unspecified atom stereocenters. The number of pyridine rings is 1. The Kier molecular flexibility index (Phi) is 4.32. The van der Waals surface area contributed by atoms with Crippen LogP contribution in [0.15, 0.2) is 24.4 Å². The third-order valence-corrected chi connectivity index (χ3v) is 2.85. The summed E-state index contributed by atoms with van der Waals surface area (Å²) in [6.45, 7) is 3.87. The number of hydrogen-bond donors (Lipinski definition) is 1. The number of carbonyl (C=O) groups is 2.